The summed E-state index contributed by atoms with van der Waals surface area (Å²) in [5.41, 5.74) is 1.01. The Hall–Kier alpha value is -2.64. The number of amides is 3. The van der Waals surface area contributed by atoms with Gasteiger partial charge in [0.15, 0.2) is 6.61 Å². The van der Waals surface area contributed by atoms with Gasteiger partial charge in [-0.1, -0.05) is 50.6 Å². The number of anilines is 1. The number of carbonyl (C=O) groups is 3. The number of imide groups is 1. The van der Waals surface area contributed by atoms with Crippen molar-refractivity contribution in [3.05, 3.63) is 72.1 Å². The molecule has 3 aromatic rings. The third-order valence-corrected chi connectivity index (χ3v) is 10.1. The molecular formula is C26H21BrClN3O6S2. The van der Waals surface area contributed by atoms with Crippen molar-refractivity contribution in [3.8, 4) is 5.75 Å². The summed E-state index contributed by atoms with van der Waals surface area (Å²) in [5, 5.41) is 0.189. The van der Waals surface area contributed by atoms with Crippen LogP contribution < -0.4 is 14.5 Å². The molecule has 3 unspecified atom stereocenters. The van der Waals surface area contributed by atoms with Gasteiger partial charge in [-0.2, -0.15) is 0 Å². The fraction of sp³-hybridized carbons (Fsp3) is 0.308. The van der Waals surface area contributed by atoms with E-state index >= 15 is 0 Å². The molecule has 202 valence electrons. The first-order valence-corrected chi connectivity index (χ1v) is 15.0. The van der Waals surface area contributed by atoms with E-state index in [4.69, 9.17) is 21.1 Å². The van der Waals surface area contributed by atoms with Crippen molar-refractivity contribution in [3.63, 3.8) is 0 Å². The van der Waals surface area contributed by atoms with Gasteiger partial charge < -0.3 is 19.4 Å². The van der Waals surface area contributed by atoms with E-state index in [1.54, 1.807) is 47.4 Å². The number of carbonyl (C=O) groups excluding carboxylic acids is 3. The highest BCUT2D eigenvalue weighted by atomic mass is 79.9. The lowest BCUT2D eigenvalue weighted by molar-refractivity contribution is -0.137. The number of halogens is 2. The van der Waals surface area contributed by atoms with Crippen LogP contribution in [0.2, 0.25) is 5.02 Å². The maximum absolute atomic E-state index is 14.0. The molecule has 4 heterocycles. The quantitative estimate of drug-likeness (QED) is 0.418. The zero-order valence-electron chi connectivity index (χ0n) is 20.2. The molecule has 2 saturated heterocycles. The third-order valence-electron chi connectivity index (χ3n) is 6.93. The summed E-state index contributed by atoms with van der Waals surface area (Å²) in [6.07, 6.45) is 0. The number of fused-ring (bicyclic) bond motifs is 2. The number of hydrogen-bond donors (Lipinski definition) is 1. The molecule has 0 radical (unpaired) electrons. The smallest absolute Gasteiger partial charge is 0.305 e. The van der Waals surface area contributed by atoms with Crippen molar-refractivity contribution in [2.24, 2.45) is 5.92 Å². The van der Waals surface area contributed by atoms with Gasteiger partial charge in [-0.05, 0) is 42.5 Å². The van der Waals surface area contributed by atoms with Gasteiger partial charge in [0, 0.05) is 38.9 Å². The Morgan fingerprint density at radius 1 is 1.10 bits per heavy atom. The van der Waals surface area contributed by atoms with Crippen LogP contribution in [0, 0.1) is 5.92 Å². The zero-order valence-corrected chi connectivity index (χ0v) is 24.2. The molecule has 13 heteroatoms. The maximum atomic E-state index is 14.0. The predicted molar refractivity (Wildman–Crippen MR) is 151 cm³/mol. The average molecular weight is 651 g/mol. The van der Waals surface area contributed by atoms with Crippen LogP contribution in [0.25, 0.3) is 0 Å². The lowest BCUT2D eigenvalue weighted by Crippen LogP contribution is -2.43. The molecule has 9 nitrogen and oxygen atoms in total. The first-order valence-electron chi connectivity index (χ1n) is 12.1. The lowest BCUT2D eigenvalue weighted by Gasteiger charge is -2.31. The van der Waals surface area contributed by atoms with Gasteiger partial charge in [0.1, 0.15) is 11.0 Å². The molecule has 2 aromatic carbocycles. The summed E-state index contributed by atoms with van der Waals surface area (Å²) in [6, 6.07) is 11.9. The Morgan fingerprint density at radius 3 is 2.59 bits per heavy atom. The molecule has 3 amide bonds. The fourth-order valence-corrected chi connectivity index (χ4v) is 8.09. The summed E-state index contributed by atoms with van der Waals surface area (Å²) in [6.45, 7) is 1.71. The zero-order chi connectivity index (χ0) is 27.3. The van der Waals surface area contributed by atoms with Crippen molar-refractivity contribution in [2.45, 2.75) is 16.2 Å². The number of nitrogens with zero attached hydrogens (tertiary/aromatic N) is 2. The van der Waals surface area contributed by atoms with E-state index < -0.39 is 17.1 Å². The van der Waals surface area contributed by atoms with E-state index in [0.717, 1.165) is 15.8 Å². The van der Waals surface area contributed by atoms with Gasteiger partial charge in [-0.3, -0.25) is 19.2 Å². The first-order chi connectivity index (χ1) is 18.8. The van der Waals surface area contributed by atoms with Gasteiger partial charge in [0.05, 0.1) is 29.8 Å². The molecule has 6 rings (SSSR count). The summed E-state index contributed by atoms with van der Waals surface area (Å²) < 4.78 is 12.2. The molecule has 39 heavy (non-hydrogen) atoms. The highest BCUT2D eigenvalue weighted by molar-refractivity contribution is 9.10. The summed E-state index contributed by atoms with van der Waals surface area (Å²) >= 11 is 12.0. The highest BCUT2D eigenvalue weighted by Gasteiger charge is 2.56. The van der Waals surface area contributed by atoms with Crippen molar-refractivity contribution < 1.29 is 23.9 Å². The van der Waals surface area contributed by atoms with Crippen LogP contribution in [-0.2, 0) is 19.1 Å². The van der Waals surface area contributed by atoms with Crippen molar-refractivity contribution in [1.82, 2.24) is 9.88 Å². The predicted octanol–water partition coefficient (Wildman–Crippen LogP) is 3.89. The number of H-pyrrole nitrogens is 1. The Balaban J connectivity index is 1.39. The minimum absolute atomic E-state index is 0.184. The number of morpholine rings is 1. The highest BCUT2D eigenvalue weighted by Crippen LogP contribution is 2.54. The van der Waals surface area contributed by atoms with Crippen LogP contribution in [0.15, 0.2) is 56.8 Å². The van der Waals surface area contributed by atoms with E-state index in [9.17, 15) is 19.2 Å². The SMILES string of the molecule is O=C(COc1ccc(Cl)cc1C1c2sc(=O)[nH]c2SC2C(=O)N(c3ccc(Br)cc3)C(=O)C21)N1CCOCC1. The van der Waals surface area contributed by atoms with Crippen LogP contribution in [0.3, 0.4) is 0 Å². The third kappa shape index (κ3) is 4.93. The largest absolute Gasteiger partial charge is 0.483 e. The summed E-state index contributed by atoms with van der Waals surface area (Å²) in [4.78, 5) is 58.9. The van der Waals surface area contributed by atoms with Crippen LogP contribution in [0.1, 0.15) is 16.4 Å². The topological polar surface area (TPSA) is 109 Å². The second kappa shape index (κ2) is 10.7. The number of hydrogen-bond acceptors (Lipinski definition) is 8. The van der Waals surface area contributed by atoms with Crippen molar-refractivity contribution in [2.75, 3.05) is 37.8 Å². The maximum Gasteiger partial charge on any atom is 0.305 e. The number of aromatic nitrogens is 1. The number of benzene rings is 2. The molecule has 1 N–H and O–H groups in total. The van der Waals surface area contributed by atoms with Gasteiger partial charge >= 0.3 is 4.87 Å². The van der Waals surface area contributed by atoms with Crippen molar-refractivity contribution >= 4 is 74.0 Å². The first kappa shape index (κ1) is 26.6. The Bertz CT molecular complexity index is 1520. The Labute approximate surface area is 244 Å². The monoisotopic (exact) mass is 649 g/mol. The molecule has 0 spiro atoms. The fourth-order valence-electron chi connectivity index (χ4n) is 5.13. The minimum Gasteiger partial charge on any atom is -0.483 e. The van der Waals surface area contributed by atoms with E-state index in [2.05, 4.69) is 20.9 Å². The summed E-state index contributed by atoms with van der Waals surface area (Å²) in [5.74, 6) is -2.03. The number of rotatable bonds is 5. The molecule has 0 aliphatic carbocycles. The Kier molecular flexibility index (Phi) is 7.32. The van der Waals surface area contributed by atoms with E-state index in [1.807, 2.05) is 0 Å². The van der Waals surface area contributed by atoms with Gasteiger partial charge in [0.25, 0.3) is 5.91 Å². The molecule has 0 saturated carbocycles. The summed E-state index contributed by atoms with van der Waals surface area (Å²) in [7, 11) is 0. The van der Waals surface area contributed by atoms with E-state index in [0.29, 0.717) is 58.2 Å². The standard InChI is InChI=1S/C26H21BrClN3O6S2/c27-13-1-4-15(5-2-13)31-24(33)20-19(21-23(29-26(35)39-21)38-22(20)25(31)34)16-11-14(28)3-6-17(16)37-12-18(32)30-7-9-36-10-8-30/h1-6,11,19-20,22H,7-10,12H2,(H,29,35). The van der Waals surface area contributed by atoms with E-state index in [1.165, 1.54) is 16.7 Å². The number of thioether (sulfide) groups is 1. The van der Waals surface area contributed by atoms with Crippen molar-refractivity contribution in [1.29, 1.82) is 0 Å². The second-order valence-corrected chi connectivity index (χ2v) is 12.7. The van der Waals surface area contributed by atoms with Crippen LogP contribution in [-0.4, -0.2) is 65.8 Å². The number of aromatic amines is 1. The number of nitrogens with one attached hydrogen (secondary N) is 1. The second-order valence-electron chi connectivity index (χ2n) is 9.20. The minimum atomic E-state index is -0.805. The van der Waals surface area contributed by atoms with Gasteiger partial charge in [-0.15, -0.1) is 0 Å². The lowest BCUT2D eigenvalue weighted by atomic mass is 9.82. The molecule has 1 aromatic heterocycles. The van der Waals surface area contributed by atoms with Gasteiger partial charge in [-0.25, -0.2) is 4.90 Å². The molecule has 3 atom stereocenters. The van der Waals surface area contributed by atoms with Crippen LogP contribution in [0.4, 0.5) is 5.69 Å². The van der Waals surface area contributed by atoms with Crippen LogP contribution >= 0.6 is 50.6 Å². The molecular weight excluding hydrogens is 630 g/mol. The van der Waals surface area contributed by atoms with E-state index in [-0.39, 0.29) is 29.2 Å². The molecule has 2 fully saturated rings. The van der Waals surface area contributed by atoms with Gasteiger partial charge in [0.2, 0.25) is 11.8 Å². The normalized spacial score (nSPS) is 22.6. The van der Waals surface area contributed by atoms with Crippen LogP contribution in [0.5, 0.6) is 5.75 Å². The number of ether oxygens (including phenoxy) is 2. The molecule has 3 aliphatic rings. The Morgan fingerprint density at radius 2 is 1.85 bits per heavy atom. The average Bonchev–Trinajstić information content (AvgIpc) is 3.43. The molecule has 3 aliphatic heterocycles. The molecule has 0 bridgehead atoms. The number of thiazole rings is 1.